The summed E-state index contributed by atoms with van der Waals surface area (Å²) < 4.78 is 55.3. The van der Waals surface area contributed by atoms with Crippen LogP contribution in [0.1, 0.15) is 60.3 Å². The number of carboxylic acids is 1. The zero-order chi connectivity index (χ0) is 50.1. The summed E-state index contributed by atoms with van der Waals surface area (Å²) in [7, 11) is -2.84. The molecule has 368 valence electrons. The molecule has 0 amide bonds. The number of carbonyl (C=O) groups is 4. The number of fused-ring (bicyclic) bond motifs is 1. The van der Waals surface area contributed by atoms with Gasteiger partial charge in [-0.25, -0.2) is 37.6 Å². The lowest BCUT2D eigenvalue weighted by Crippen LogP contribution is -2.40. The molecule has 0 saturated carbocycles. The van der Waals surface area contributed by atoms with Gasteiger partial charge in [0.25, 0.3) is 0 Å². The average molecular weight is 992 g/mol. The molecule has 0 aliphatic heterocycles. The van der Waals surface area contributed by atoms with E-state index in [2.05, 4.69) is 49.1 Å². The first kappa shape index (κ1) is 53.0. The zero-order valence-corrected chi connectivity index (χ0v) is 40.6. The summed E-state index contributed by atoms with van der Waals surface area (Å²) >= 11 is 1.14. The highest BCUT2D eigenvalue weighted by Gasteiger charge is 2.30. The predicted molar refractivity (Wildman–Crippen MR) is 251 cm³/mol. The van der Waals surface area contributed by atoms with Crippen molar-refractivity contribution >= 4 is 78.6 Å². The number of sulfonamides is 1. The number of benzene rings is 2. The highest BCUT2D eigenvalue weighted by molar-refractivity contribution is 7.89. The number of carbonyl (C=O) groups excluding carboxylic acids is 3. The smallest absolute Gasteiger partial charge is 0.332 e. The number of aromatic nitrogens is 5. The fourth-order valence-electron chi connectivity index (χ4n) is 6.66. The second kappa shape index (κ2) is 25.4. The van der Waals surface area contributed by atoms with Gasteiger partial charge in [0.2, 0.25) is 21.0 Å². The van der Waals surface area contributed by atoms with E-state index < -0.39 is 60.2 Å². The number of methoxy groups -OCH3 is 1. The van der Waals surface area contributed by atoms with E-state index in [1.807, 2.05) is 20.8 Å². The van der Waals surface area contributed by atoms with Crippen LogP contribution < -0.4 is 10.6 Å². The van der Waals surface area contributed by atoms with Gasteiger partial charge in [-0.2, -0.15) is 9.57 Å². The average Bonchev–Trinajstić information content (AvgIpc) is 3.92. The van der Waals surface area contributed by atoms with Gasteiger partial charge in [-0.1, -0.05) is 29.0 Å². The van der Waals surface area contributed by atoms with Gasteiger partial charge in [0, 0.05) is 33.2 Å². The van der Waals surface area contributed by atoms with E-state index >= 15 is 0 Å². The van der Waals surface area contributed by atoms with E-state index in [9.17, 15) is 32.9 Å². The van der Waals surface area contributed by atoms with Crippen molar-refractivity contribution in [2.45, 2.75) is 58.8 Å². The van der Waals surface area contributed by atoms with Gasteiger partial charge in [-0.3, -0.25) is 9.59 Å². The Bertz CT molecular complexity index is 2780. The van der Waals surface area contributed by atoms with Gasteiger partial charge in [-0.05, 0) is 82.3 Å². The topological polar surface area (TPSA) is 301 Å². The Morgan fingerprint density at radius 2 is 1.51 bits per heavy atom. The van der Waals surface area contributed by atoms with Crippen LogP contribution >= 0.6 is 11.3 Å². The van der Waals surface area contributed by atoms with Crippen molar-refractivity contribution in [1.29, 1.82) is 5.26 Å². The fraction of sp³-hybridized carbons (Fsp3) is 0.432. The molecule has 69 heavy (non-hydrogen) atoms. The minimum absolute atomic E-state index is 0.00534. The lowest BCUT2D eigenvalue weighted by Gasteiger charge is -2.20. The third kappa shape index (κ3) is 15.0. The first-order valence-corrected chi connectivity index (χ1v) is 23.9. The maximum Gasteiger partial charge on any atom is 0.332 e. The summed E-state index contributed by atoms with van der Waals surface area (Å²) in [6, 6.07) is 10.4. The lowest BCUT2D eigenvalue weighted by atomic mass is 9.97. The SMILES string of the molecule is CCOC(=O)CN(CC(=O)OCC)S(=O)(=O)c1ccc2sc(-n3cc(C#N)c(N=Nc4c(NCCCOC)nc(Cc5c(C)cc(C)cc5C)nc4NCCCOC(=O)COCC(=O)O)n3)nc2c1. The number of hydrogen-bond donors (Lipinski definition) is 3. The van der Waals surface area contributed by atoms with Crippen molar-refractivity contribution in [3.05, 3.63) is 70.2 Å². The molecule has 0 radical (unpaired) electrons. The van der Waals surface area contributed by atoms with E-state index in [1.54, 1.807) is 21.0 Å². The van der Waals surface area contributed by atoms with Gasteiger partial charge in [-0.15, -0.1) is 15.3 Å². The Morgan fingerprint density at radius 1 is 0.870 bits per heavy atom. The number of rotatable bonds is 27. The lowest BCUT2D eigenvalue weighted by molar-refractivity contribution is -0.153. The molecule has 0 bridgehead atoms. The third-order valence-corrected chi connectivity index (χ3v) is 12.5. The highest BCUT2D eigenvalue weighted by Crippen LogP contribution is 2.35. The minimum atomic E-state index is -4.44. The van der Waals surface area contributed by atoms with Gasteiger partial charge in [0.1, 0.15) is 43.8 Å². The number of nitrogens with one attached hydrogen (secondary N) is 2. The fourth-order valence-corrected chi connectivity index (χ4v) is 8.88. The molecule has 25 heteroatoms. The summed E-state index contributed by atoms with van der Waals surface area (Å²) in [5, 5.41) is 39.2. The van der Waals surface area contributed by atoms with Crippen LogP contribution in [0.25, 0.3) is 15.3 Å². The standard InChI is InChI=1S/C44H53N11O12S2/c1-7-65-37(58)23-54(24-38(59)66-8-2)69(61,62)31-11-12-34-33(19-31)48-44(68-34)55-22-30(21-45)41(53-55)52-51-40-42(46-13-9-15-63-6)49-35(20-32-28(4)17-27(3)18-29(32)5)50-43(40)47-14-10-16-67-39(60)26-64-25-36(56)57/h11-12,17-19,22H,7-10,13-16,20,23-26H2,1-6H3,(H,56,57)(H2,46,47,49,50). The Kier molecular flexibility index (Phi) is 19.5. The third-order valence-electron chi connectivity index (χ3n) is 9.71. The molecule has 3 N–H and O–H groups in total. The molecule has 0 saturated heterocycles. The molecule has 0 atom stereocenters. The molecule has 2 aromatic carbocycles. The first-order chi connectivity index (χ1) is 33.1. The highest BCUT2D eigenvalue weighted by atomic mass is 32.2. The van der Waals surface area contributed by atoms with Crippen molar-refractivity contribution in [3.63, 3.8) is 0 Å². The van der Waals surface area contributed by atoms with E-state index in [-0.39, 0.29) is 64.8 Å². The summed E-state index contributed by atoms with van der Waals surface area (Å²) in [6.07, 6.45) is 2.70. The largest absolute Gasteiger partial charge is 0.480 e. The summed E-state index contributed by atoms with van der Waals surface area (Å²) in [5.41, 5.74) is 4.75. The Morgan fingerprint density at radius 3 is 2.10 bits per heavy atom. The molecule has 23 nitrogen and oxygen atoms in total. The molecule has 5 aromatic rings. The number of anilines is 2. The quantitative estimate of drug-likeness (QED) is 0.0267. The van der Waals surface area contributed by atoms with E-state index in [4.69, 9.17) is 38.8 Å². The molecular weight excluding hydrogens is 939 g/mol. The number of azo groups is 1. The van der Waals surface area contributed by atoms with Crippen molar-refractivity contribution in [3.8, 4) is 11.2 Å². The van der Waals surface area contributed by atoms with Crippen molar-refractivity contribution in [1.82, 2.24) is 29.0 Å². The molecule has 0 unspecified atom stereocenters. The Labute approximate surface area is 401 Å². The number of thiazole rings is 1. The van der Waals surface area contributed by atoms with Gasteiger partial charge < -0.3 is 39.4 Å². The number of aliphatic carboxylic acids is 1. The van der Waals surface area contributed by atoms with Gasteiger partial charge in [0.15, 0.2) is 17.3 Å². The zero-order valence-electron chi connectivity index (χ0n) is 38.9. The van der Waals surface area contributed by atoms with Gasteiger partial charge >= 0.3 is 23.9 Å². The van der Waals surface area contributed by atoms with E-state index in [0.29, 0.717) is 53.1 Å². The summed E-state index contributed by atoms with van der Waals surface area (Å²) in [5.74, 6) is -2.66. The van der Waals surface area contributed by atoms with Crippen LogP contribution in [0.4, 0.5) is 23.1 Å². The molecule has 3 aromatic heterocycles. The molecule has 0 aliphatic rings. The molecular formula is C44H53N11O12S2. The van der Waals surface area contributed by atoms with Crippen LogP contribution in [0.15, 0.2) is 51.7 Å². The first-order valence-electron chi connectivity index (χ1n) is 21.6. The number of nitrogens with zero attached hydrogens (tertiary/aromatic N) is 9. The predicted octanol–water partition coefficient (Wildman–Crippen LogP) is 5.09. The molecule has 3 heterocycles. The number of carboxylic acid groups (broad SMARTS) is 1. The molecule has 0 fully saturated rings. The van der Waals surface area contributed by atoms with E-state index in [1.165, 1.54) is 29.1 Å². The van der Waals surface area contributed by atoms with Crippen LogP contribution in [0.5, 0.6) is 0 Å². The van der Waals surface area contributed by atoms with Crippen molar-refractivity contribution in [2.24, 2.45) is 10.2 Å². The maximum atomic E-state index is 13.8. The number of hydrogen-bond acceptors (Lipinski definition) is 21. The van der Waals surface area contributed by atoms with Crippen LogP contribution in [0.3, 0.4) is 0 Å². The van der Waals surface area contributed by atoms with E-state index in [0.717, 1.165) is 33.6 Å². The van der Waals surface area contributed by atoms with Crippen molar-refractivity contribution < 1.29 is 56.4 Å². The second-order valence-corrected chi connectivity index (χ2v) is 18.0. The number of aryl methyl sites for hydroxylation is 3. The summed E-state index contributed by atoms with van der Waals surface area (Å²) in [4.78, 5) is 61.6. The summed E-state index contributed by atoms with van der Waals surface area (Å²) in [6.45, 7) is 7.74. The number of esters is 3. The molecule has 0 spiro atoms. The maximum absolute atomic E-state index is 13.8. The Hall–Kier alpha value is -6.98. The van der Waals surface area contributed by atoms with Crippen LogP contribution in [0.2, 0.25) is 0 Å². The minimum Gasteiger partial charge on any atom is -0.480 e. The second-order valence-electron chi connectivity index (χ2n) is 15.0. The normalized spacial score (nSPS) is 11.5. The van der Waals surface area contributed by atoms with Crippen LogP contribution in [-0.2, 0) is 59.3 Å². The molecule has 5 rings (SSSR count). The number of nitriles is 1. The monoisotopic (exact) mass is 991 g/mol. The van der Waals surface area contributed by atoms with Crippen LogP contribution in [0, 0.1) is 32.1 Å². The Balaban J connectivity index is 1.48. The van der Waals surface area contributed by atoms with Crippen LogP contribution in [-0.4, -0.2) is 139 Å². The number of ether oxygens (including phenoxy) is 5. The molecule has 0 aliphatic carbocycles. The van der Waals surface area contributed by atoms with Gasteiger partial charge in [0.05, 0.1) is 41.1 Å². The van der Waals surface area contributed by atoms with Crippen molar-refractivity contribution in [2.75, 3.05) is 83.6 Å².